The van der Waals surface area contributed by atoms with Crippen molar-refractivity contribution in [2.45, 2.75) is 52.0 Å². The number of hydrogen-bond donors (Lipinski definition) is 2. The summed E-state index contributed by atoms with van der Waals surface area (Å²) in [6.45, 7) is 6.61. The van der Waals surface area contributed by atoms with Crippen LogP contribution < -0.4 is 11.1 Å². The zero-order valence-electron chi connectivity index (χ0n) is 11.8. The van der Waals surface area contributed by atoms with Gasteiger partial charge in [0, 0.05) is 13.0 Å². The molecule has 0 radical (unpaired) electrons. The normalized spacial score (nSPS) is 21.9. The highest BCUT2D eigenvalue weighted by molar-refractivity contribution is 5.76. The van der Waals surface area contributed by atoms with Gasteiger partial charge in [0.2, 0.25) is 5.91 Å². The number of rotatable bonds is 7. The molecule has 106 valence electrons. The number of carbonyl (C=O) groups is 1. The van der Waals surface area contributed by atoms with Gasteiger partial charge < -0.3 is 15.8 Å². The first-order chi connectivity index (χ1) is 8.63. The second-order valence-electron chi connectivity index (χ2n) is 5.60. The molecule has 0 aromatic heterocycles. The Morgan fingerprint density at radius 3 is 2.78 bits per heavy atom. The van der Waals surface area contributed by atoms with Gasteiger partial charge >= 0.3 is 0 Å². The molecule has 3 N–H and O–H groups in total. The molecule has 1 rings (SSSR count). The Morgan fingerprint density at radius 2 is 2.22 bits per heavy atom. The fraction of sp³-hybridized carbons (Fsp3) is 0.929. The Labute approximate surface area is 111 Å². The van der Waals surface area contributed by atoms with Crippen LogP contribution in [0, 0.1) is 11.8 Å². The molecule has 1 aliphatic heterocycles. The van der Waals surface area contributed by atoms with E-state index >= 15 is 0 Å². The number of ether oxygens (including phenoxy) is 1. The molecule has 1 amide bonds. The van der Waals surface area contributed by atoms with Crippen LogP contribution in [0.1, 0.15) is 46.0 Å². The van der Waals surface area contributed by atoms with Gasteiger partial charge in [0.1, 0.15) is 0 Å². The molecule has 18 heavy (non-hydrogen) atoms. The molecular weight excluding hydrogens is 228 g/mol. The predicted molar refractivity (Wildman–Crippen MR) is 73.2 cm³/mol. The van der Waals surface area contributed by atoms with Crippen molar-refractivity contribution in [1.82, 2.24) is 5.32 Å². The number of nitrogens with one attached hydrogen (secondary N) is 1. The molecule has 2 atom stereocenters. The summed E-state index contributed by atoms with van der Waals surface area (Å²) in [5, 5.41) is 3.06. The van der Waals surface area contributed by atoms with Gasteiger partial charge in [-0.25, -0.2) is 0 Å². The number of nitrogens with two attached hydrogens (primary N) is 1. The van der Waals surface area contributed by atoms with E-state index in [4.69, 9.17) is 10.5 Å². The van der Waals surface area contributed by atoms with Crippen LogP contribution in [-0.2, 0) is 9.53 Å². The van der Waals surface area contributed by atoms with E-state index in [0.717, 1.165) is 32.3 Å². The lowest BCUT2D eigenvalue weighted by atomic mass is 9.88. The van der Waals surface area contributed by atoms with E-state index in [9.17, 15) is 4.79 Å². The summed E-state index contributed by atoms with van der Waals surface area (Å²) >= 11 is 0. The fourth-order valence-electron chi connectivity index (χ4n) is 2.50. The van der Waals surface area contributed by atoms with Crippen molar-refractivity contribution in [3.05, 3.63) is 0 Å². The van der Waals surface area contributed by atoms with E-state index in [-0.39, 0.29) is 11.9 Å². The van der Waals surface area contributed by atoms with Gasteiger partial charge in [-0.1, -0.05) is 13.8 Å². The van der Waals surface area contributed by atoms with Gasteiger partial charge in [-0.3, -0.25) is 4.79 Å². The Kier molecular flexibility index (Phi) is 7.28. The maximum absolute atomic E-state index is 11.8. The molecule has 0 bridgehead atoms. The lowest BCUT2D eigenvalue weighted by Crippen LogP contribution is -2.40. The first-order valence-electron chi connectivity index (χ1n) is 7.20. The molecule has 1 aliphatic rings. The Bertz CT molecular complexity index is 238. The van der Waals surface area contributed by atoms with Gasteiger partial charge in [-0.2, -0.15) is 0 Å². The fourth-order valence-corrected chi connectivity index (χ4v) is 2.50. The van der Waals surface area contributed by atoms with Crippen molar-refractivity contribution in [3.63, 3.8) is 0 Å². The first kappa shape index (κ1) is 15.4. The maximum Gasteiger partial charge on any atom is 0.220 e. The average Bonchev–Trinajstić information content (AvgIpc) is 2.35. The highest BCUT2D eigenvalue weighted by Crippen LogP contribution is 2.20. The third-order valence-corrected chi connectivity index (χ3v) is 3.75. The van der Waals surface area contributed by atoms with Crippen molar-refractivity contribution in [2.75, 3.05) is 19.8 Å². The molecule has 0 aromatic rings. The minimum absolute atomic E-state index is 0.160. The third kappa shape index (κ3) is 5.83. The van der Waals surface area contributed by atoms with E-state index in [1.165, 1.54) is 0 Å². The number of hydrogen-bond acceptors (Lipinski definition) is 3. The minimum Gasteiger partial charge on any atom is -0.379 e. The lowest BCUT2D eigenvalue weighted by molar-refractivity contribution is -0.123. The van der Waals surface area contributed by atoms with Gasteiger partial charge in [0.05, 0.1) is 12.6 Å². The van der Waals surface area contributed by atoms with E-state index in [1.54, 1.807) is 0 Å². The standard InChI is InChI=1S/C14H28N2O2/c1-11(2)12(7-8-15)5-6-14(17)16-13-4-3-9-18-10-13/h11-13H,3-10,15H2,1-2H3,(H,16,17). The van der Waals surface area contributed by atoms with Crippen LogP contribution in [-0.4, -0.2) is 31.7 Å². The lowest BCUT2D eigenvalue weighted by Gasteiger charge is -2.24. The number of carbonyl (C=O) groups excluding carboxylic acids is 1. The summed E-state index contributed by atoms with van der Waals surface area (Å²) in [6, 6.07) is 0.221. The van der Waals surface area contributed by atoms with Crippen LogP contribution in [0.2, 0.25) is 0 Å². The van der Waals surface area contributed by atoms with Crippen molar-refractivity contribution < 1.29 is 9.53 Å². The highest BCUT2D eigenvalue weighted by Gasteiger charge is 2.18. The second kappa shape index (κ2) is 8.48. The summed E-state index contributed by atoms with van der Waals surface area (Å²) in [6.07, 6.45) is 4.65. The predicted octanol–water partition coefficient (Wildman–Crippen LogP) is 1.68. The van der Waals surface area contributed by atoms with Gasteiger partial charge in [-0.15, -0.1) is 0 Å². The molecule has 0 saturated carbocycles. The van der Waals surface area contributed by atoms with Crippen molar-refractivity contribution in [2.24, 2.45) is 17.6 Å². The zero-order chi connectivity index (χ0) is 13.4. The minimum atomic E-state index is 0.160. The average molecular weight is 256 g/mol. The molecular formula is C14H28N2O2. The van der Waals surface area contributed by atoms with Gasteiger partial charge in [0.25, 0.3) is 0 Å². The van der Waals surface area contributed by atoms with Gasteiger partial charge in [0.15, 0.2) is 0 Å². The Hall–Kier alpha value is -0.610. The van der Waals surface area contributed by atoms with Crippen LogP contribution in [0.25, 0.3) is 0 Å². The molecule has 4 heteroatoms. The third-order valence-electron chi connectivity index (χ3n) is 3.75. The molecule has 1 fully saturated rings. The van der Waals surface area contributed by atoms with E-state index in [2.05, 4.69) is 19.2 Å². The van der Waals surface area contributed by atoms with E-state index in [0.29, 0.717) is 31.4 Å². The monoisotopic (exact) mass is 256 g/mol. The quantitative estimate of drug-likeness (QED) is 0.728. The molecule has 1 saturated heterocycles. The largest absolute Gasteiger partial charge is 0.379 e. The van der Waals surface area contributed by atoms with E-state index < -0.39 is 0 Å². The molecule has 0 aliphatic carbocycles. The van der Waals surface area contributed by atoms with Crippen molar-refractivity contribution >= 4 is 5.91 Å². The first-order valence-corrected chi connectivity index (χ1v) is 7.20. The molecule has 0 aromatic carbocycles. The summed E-state index contributed by atoms with van der Waals surface area (Å²) in [5.74, 6) is 1.32. The highest BCUT2D eigenvalue weighted by atomic mass is 16.5. The Balaban J connectivity index is 2.21. The van der Waals surface area contributed by atoms with Gasteiger partial charge in [-0.05, 0) is 44.1 Å². The summed E-state index contributed by atoms with van der Waals surface area (Å²) < 4.78 is 5.35. The zero-order valence-corrected chi connectivity index (χ0v) is 11.8. The number of amides is 1. The molecule has 0 spiro atoms. The second-order valence-corrected chi connectivity index (χ2v) is 5.60. The molecule has 4 nitrogen and oxygen atoms in total. The Morgan fingerprint density at radius 1 is 1.44 bits per heavy atom. The van der Waals surface area contributed by atoms with Crippen LogP contribution in [0.3, 0.4) is 0 Å². The van der Waals surface area contributed by atoms with Crippen molar-refractivity contribution in [1.29, 1.82) is 0 Å². The summed E-state index contributed by atoms with van der Waals surface area (Å²) in [4.78, 5) is 11.8. The van der Waals surface area contributed by atoms with Crippen LogP contribution in [0.5, 0.6) is 0 Å². The van der Waals surface area contributed by atoms with Crippen LogP contribution in [0.4, 0.5) is 0 Å². The maximum atomic E-state index is 11.8. The topological polar surface area (TPSA) is 64.4 Å². The van der Waals surface area contributed by atoms with Crippen LogP contribution >= 0.6 is 0 Å². The summed E-state index contributed by atoms with van der Waals surface area (Å²) in [7, 11) is 0. The summed E-state index contributed by atoms with van der Waals surface area (Å²) in [5.41, 5.74) is 5.61. The molecule has 2 unspecified atom stereocenters. The van der Waals surface area contributed by atoms with E-state index in [1.807, 2.05) is 0 Å². The molecule has 1 heterocycles. The smallest absolute Gasteiger partial charge is 0.220 e. The SMILES string of the molecule is CC(C)C(CCN)CCC(=O)NC1CCCOC1. The van der Waals surface area contributed by atoms with Crippen molar-refractivity contribution in [3.8, 4) is 0 Å². The van der Waals surface area contributed by atoms with Crippen LogP contribution in [0.15, 0.2) is 0 Å².